The zero-order valence-corrected chi connectivity index (χ0v) is 18.3. The van der Waals surface area contributed by atoms with Crippen LogP contribution >= 0.6 is 23.4 Å². The Kier molecular flexibility index (Phi) is 5.55. The van der Waals surface area contributed by atoms with Gasteiger partial charge in [0, 0.05) is 33.2 Å². The lowest BCUT2D eigenvalue weighted by Crippen LogP contribution is -2.19. The van der Waals surface area contributed by atoms with Gasteiger partial charge in [0.2, 0.25) is 0 Å². The van der Waals surface area contributed by atoms with Crippen molar-refractivity contribution in [2.24, 2.45) is 4.99 Å². The molecule has 3 aromatic carbocycles. The molecule has 1 N–H and O–H groups in total. The molecule has 0 unspecified atom stereocenters. The van der Waals surface area contributed by atoms with Crippen LogP contribution in [-0.2, 0) is 11.3 Å². The highest BCUT2D eigenvalue weighted by atomic mass is 35.5. The number of rotatable bonds is 4. The predicted octanol–water partition coefficient (Wildman–Crippen LogP) is 6.37. The number of amides is 1. The first-order valence-corrected chi connectivity index (χ1v) is 11.1. The highest BCUT2D eigenvalue weighted by molar-refractivity contribution is 8.18. The number of thioether (sulfide) groups is 1. The topological polar surface area (TPSA) is 46.4 Å². The predicted molar refractivity (Wildman–Crippen MR) is 130 cm³/mol. The number of fused-ring (bicyclic) bond motifs is 1. The summed E-state index contributed by atoms with van der Waals surface area (Å²) in [7, 11) is 0. The Hall–Kier alpha value is -3.35. The maximum absolute atomic E-state index is 14.2. The highest BCUT2D eigenvalue weighted by Gasteiger charge is 2.24. The van der Waals surface area contributed by atoms with Crippen LogP contribution in [0.1, 0.15) is 11.1 Å². The van der Waals surface area contributed by atoms with Crippen molar-refractivity contribution in [2.45, 2.75) is 6.54 Å². The van der Waals surface area contributed by atoms with Crippen molar-refractivity contribution in [1.82, 2.24) is 9.88 Å². The van der Waals surface area contributed by atoms with Gasteiger partial charge in [-0.15, -0.1) is 0 Å². The van der Waals surface area contributed by atoms with Gasteiger partial charge in [-0.2, -0.15) is 0 Å². The number of hydrogen-bond donors (Lipinski definition) is 1. The molecular formula is C25H17ClFN3OS. The first kappa shape index (κ1) is 20.5. The van der Waals surface area contributed by atoms with Crippen molar-refractivity contribution in [3.8, 4) is 0 Å². The van der Waals surface area contributed by atoms with Gasteiger partial charge in [0.05, 0.1) is 17.1 Å². The fourth-order valence-corrected chi connectivity index (χ4v) is 4.54. The molecule has 5 rings (SSSR count). The van der Waals surface area contributed by atoms with Crippen LogP contribution in [-0.4, -0.2) is 15.6 Å². The van der Waals surface area contributed by atoms with E-state index in [1.54, 1.807) is 36.4 Å². The molecule has 1 aliphatic heterocycles. The molecule has 1 aromatic heterocycles. The van der Waals surface area contributed by atoms with Crippen molar-refractivity contribution < 1.29 is 9.18 Å². The molecule has 158 valence electrons. The largest absolute Gasteiger partial charge is 0.342 e. The lowest BCUT2D eigenvalue weighted by atomic mass is 10.1. The fraction of sp³-hybridized carbons (Fsp3) is 0.0400. The van der Waals surface area contributed by atoms with Crippen LogP contribution in [0, 0.1) is 5.82 Å². The van der Waals surface area contributed by atoms with Crippen molar-refractivity contribution in [2.75, 3.05) is 0 Å². The third-order valence-electron chi connectivity index (χ3n) is 5.11. The molecule has 32 heavy (non-hydrogen) atoms. The van der Waals surface area contributed by atoms with Gasteiger partial charge < -0.3 is 9.88 Å². The number of nitrogens with zero attached hydrogens (tertiary/aromatic N) is 2. The summed E-state index contributed by atoms with van der Waals surface area (Å²) in [6, 6.07) is 21.7. The molecule has 0 aliphatic carbocycles. The van der Waals surface area contributed by atoms with E-state index in [4.69, 9.17) is 11.6 Å². The van der Waals surface area contributed by atoms with Gasteiger partial charge in [-0.1, -0.05) is 48.0 Å². The SMILES string of the molecule is O=C1NC(=Nc2ccc(Cl)cc2)S/C1=C\c1cn(Cc2ccccc2F)c2ccccc12. The van der Waals surface area contributed by atoms with Crippen molar-refractivity contribution >= 4 is 57.1 Å². The molecule has 1 saturated heterocycles. The van der Waals surface area contributed by atoms with Crippen LogP contribution in [0.2, 0.25) is 5.02 Å². The van der Waals surface area contributed by atoms with Gasteiger partial charge in [0.15, 0.2) is 5.17 Å². The van der Waals surface area contributed by atoms with Crippen molar-refractivity contribution in [3.63, 3.8) is 0 Å². The quantitative estimate of drug-likeness (QED) is 0.359. The number of carbonyl (C=O) groups excluding carboxylic acids is 1. The summed E-state index contributed by atoms with van der Waals surface area (Å²) >= 11 is 7.20. The summed E-state index contributed by atoms with van der Waals surface area (Å²) in [4.78, 5) is 17.6. The Morgan fingerprint density at radius 1 is 1.03 bits per heavy atom. The number of hydrogen-bond acceptors (Lipinski definition) is 3. The van der Waals surface area contributed by atoms with Crippen molar-refractivity contribution in [3.05, 3.63) is 106 Å². The Labute approximate surface area is 193 Å². The molecular weight excluding hydrogens is 445 g/mol. The standard InChI is InChI=1S/C25H17ClFN3OS/c26-18-9-11-19(12-10-18)28-25-29-24(31)23(32-25)13-17-15-30(22-8-4-2-6-20(17)22)14-16-5-1-3-7-21(16)27/h1-13,15H,14H2,(H,28,29,31)/b23-13-. The summed E-state index contributed by atoms with van der Waals surface area (Å²) < 4.78 is 16.2. The molecule has 1 amide bonds. The van der Waals surface area contributed by atoms with Gasteiger partial charge in [-0.25, -0.2) is 9.38 Å². The molecule has 1 fully saturated rings. The third-order valence-corrected chi connectivity index (χ3v) is 6.27. The van der Waals surface area contributed by atoms with E-state index in [9.17, 15) is 9.18 Å². The van der Waals surface area contributed by atoms with Gasteiger partial charge in [0.25, 0.3) is 5.91 Å². The number of amidine groups is 1. The lowest BCUT2D eigenvalue weighted by Gasteiger charge is -2.06. The average Bonchev–Trinajstić information content (AvgIpc) is 3.31. The molecule has 0 bridgehead atoms. The zero-order valence-electron chi connectivity index (χ0n) is 16.8. The summed E-state index contributed by atoms with van der Waals surface area (Å²) in [5, 5.41) is 4.94. The van der Waals surface area contributed by atoms with Crippen LogP contribution in [0.3, 0.4) is 0 Å². The Morgan fingerprint density at radius 2 is 1.78 bits per heavy atom. The molecule has 0 radical (unpaired) electrons. The van der Waals surface area contributed by atoms with Crippen LogP contribution in [0.4, 0.5) is 10.1 Å². The average molecular weight is 462 g/mol. The number of halogens is 2. The number of aromatic nitrogens is 1. The van der Waals surface area contributed by atoms with Crippen LogP contribution < -0.4 is 5.32 Å². The Bertz CT molecular complexity index is 1390. The Morgan fingerprint density at radius 3 is 2.59 bits per heavy atom. The van der Waals surface area contributed by atoms with Crippen LogP contribution in [0.5, 0.6) is 0 Å². The minimum atomic E-state index is -0.237. The molecule has 0 spiro atoms. The van der Waals surface area contributed by atoms with E-state index in [1.807, 2.05) is 47.2 Å². The number of aliphatic imine (C=N–C) groups is 1. The summed E-state index contributed by atoms with van der Waals surface area (Å²) in [6.07, 6.45) is 3.80. The van der Waals surface area contributed by atoms with E-state index >= 15 is 0 Å². The van der Waals surface area contributed by atoms with Crippen molar-refractivity contribution in [1.29, 1.82) is 0 Å². The molecule has 7 heteroatoms. The first-order chi connectivity index (χ1) is 15.6. The van der Waals surface area contributed by atoms with E-state index in [2.05, 4.69) is 10.3 Å². The molecule has 1 aliphatic rings. The van der Waals surface area contributed by atoms with Crippen LogP contribution in [0.25, 0.3) is 17.0 Å². The van der Waals surface area contributed by atoms with E-state index in [0.29, 0.717) is 32.9 Å². The highest BCUT2D eigenvalue weighted by Crippen LogP contribution is 2.31. The minimum absolute atomic E-state index is 0.200. The van der Waals surface area contributed by atoms with Gasteiger partial charge >= 0.3 is 0 Å². The summed E-state index contributed by atoms with van der Waals surface area (Å²) in [6.45, 7) is 0.402. The second-order valence-corrected chi connectivity index (χ2v) is 8.75. The molecule has 0 atom stereocenters. The second-order valence-electron chi connectivity index (χ2n) is 7.28. The summed E-state index contributed by atoms with van der Waals surface area (Å²) in [5.41, 5.74) is 3.18. The monoisotopic (exact) mass is 461 g/mol. The third kappa shape index (κ3) is 4.20. The smallest absolute Gasteiger partial charge is 0.264 e. The van der Waals surface area contributed by atoms with E-state index in [0.717, 1.165) is 16.5 Å². The molecule has 4 aromatic rings. The minimum Gasteiger partial charge on any atom is -0.342 e. The normalized spacial score (nSPS) is 16.2. The zero-order chi connectivity index (χ0) is 22.1. The van der Waals surface area contributed by atoms with Gasteiger partial charge in [-0.05, 0) is 54.2 Å². The lowest BCUT2D eigenvalue weighted by molar-refractivity contribution is -0.115. The number of carbonyl (C=O) groups is 1. The molecule has 2 heterocycles. The van der Waals surface area contributed by atoms with Gasteiger partial charge in [-0.3, -0.25) is 4.79 Å². The van der Waals surface area contributed by atoms with Gasteiger partial charge in [0.1, 0.15) is 5.82 Å². The molecule has 4 nitrogen and oxygen atoms in total. The fourth-order valence-electron chi connectivity index (χ4n) is 3.59. The number of nitrogens with one attached hydrogen (secondary N) is 1. The number of benzene rings is 3. The van der Waals surface area contributed by atoms with E-state index in [1.165, 1.54) is 17.8 Å². The van der Waals surface area contributed by atoms with E-state index in [-0.39, 0.29) is 11.7 Å². The molecule has 0 saturated carbocycles. The maximum atomic E-state index is 14.2. The number of para-hydroxylation sites is 1. The van der Waals surface area contributed by atoms with E-state index < -0.39 is 0 Å². The first-order valence-electron chi connectivity index (χ1n) is 9.93. The Balaban J connectivity index is 1.48. The maximum Gasteiger partial charge on any atom is 0.264 e. The van der Waals surface area contributed by atoms with Crippen LogP contribution in [0.15, 0.2) is 88.9 Å². The summed E-state index contributed by atoms with van der Waals surface area (Å²) in [5.74, 6) is -0.437. The second kappa shape index (κ2) is 8.65.